The average Bonchev–Trinajstić information content (AvgIpc) is 3.42. The number of anilines is 1. The highest BCUT2D eigenvalue weighted by Gasteiger charge is 2.49. The van der Waals surface area contributed by atoms with E-state index in [-0.39, 0.29) is 5.04 Å². The Hall–Kier alpha value is -3.36. The maximum absolute atomic E-state index is 9.85. The molecule has 0 saturated carbocycles. The van der Waals surface area contributed by atoms with Crippen molar-refractivity contribution in [1.82, 2.24) is 0 Å². The summed E-state index contributed by atoms with van der Waals surface area (Å²) in [5.74, 6) is 0.884. The summed E-state index contributed by atoms with van der Waals surface area (Å²) in [6, 6.07) is 38.5. The molecule has 0 spiro atoms. The third kappa shape index (κ3) is 6.35. The van der Waals surface area contributed by atoms with Crippen LogP contribution < -0.4 is 19.9 Å². The largest absolute Gasteiger partial charge is 0.493 e. The number of fused-ring (bicyclic) bond motifs is 1. The van der Waals surface area contributed by atoms with Crippen LogP contribution in [0.25, 0.3) is 20.5 Å². The maximum Gasteiger partial charge on any atom is 0.409 e. The molecule has 0 aliphatic heterocycles. The molecule has 42 heavy (non-hydrogen) atoms. The van der Waals surface area contributed by atoms with Crippen LogP contribution in [0.15, 0.2) is 109 Å². The SMILES string of the molecule is CB(O)N(C)c1ccc(-c2cc3ccc(OCCCO[Si](c4ccccc4)(c4ccccc4)C(C)(C)C)cc3s2)cc1. The van der Waals surface area contributed by atoms with Gasteiger partial charge in [0.05, 0.1) is 6.61 Å². The van der Waals surface area contributed by atoms with Crippen molar-refractivity contribution in [2.75, 3.05) is 25.1 Å². The highest BCUT2D eigenvalue weighted by molar-refractivity contribution is 7.22. The number of hydrogen-bond acceptors (Lipinski definition) is 5. The van der Waals surface area contributed by atoms with Gasteiger partial charge in [-0.15, -0.1) is 11.3 Å². The van der Waals surface area contributed by atoms with Crippen LogP contribution in [-0.4, -0.2) is 40.7 Å². The highest BCUT2D eigenvalue weighted by Crippen LogP contribution is 2.38. The van der Waals surface area contributed by atoms with Crippen LogP contribution in [0.4, 0.5) is 5.69 Å². The monoisotopic (exact) mass is 593 g/mol. The van der Waals surface area contributed by atoms with E-state index in [1.54, 1.807) is 18.2 Å². The van der Waals surface area contributed by atoms with Crippen molar-refractivity contribution < 1.29 is 14.2 Å². The van der Waals surface area contributed by atoms with Gasteiger partial charge in [0.2, 0.25) is 0 Å². The van der Waals surface area contributed by atoms with E-state index >= 15 is 0 Å². The fraction of sp³-hybridized carbons (Fsp3) is 0.257. The standard InChI is InChI=1S/C35H40BNO3SSi/c1-35(2,3)42(31-13-8-6-9-14-31,32-15-10-7-11-16-32)40-24-12-23-39-30-22-19-28-25-33(41-34(28)26-30)27-17-20-29(21-18-27)37(5)36(4)38/h6-11,13-22,25-26,38H,12,23-24H2,1-5H3. The smallest absolute Gasteiger partial charge is 0.409 e. The molecule has 1 N–H and O–H groups in total. The Balaban J connectivity index is 1.25. The lowest BCUT2D eigenvalue weighted by Crippen LogP contribution is -2.66. The number of ether oxygens (including phenoxy) is 1. The van der Waals surface area contributed by atoms with Crippen molar-refractivity contribution in [3.8, 4) is 16.2 Å². The van der Waals surface area contributed by atoms with Crippen LogP contribution in [0.1, 0.15) is 27.2 Å². The first kappa shape index (κ1) is 30.1. The highest BCUT2D eigenvalue weighted by atomic mass is 32.1. The Morgan fingerprint density at radius 2 is 1.43 bits per heavy atom. The van der Waals surface area contributed by atoms with Crippen molar-refractivity contribution in [2.24, 2.45) is 0 Å². The van der Waals surface area contributed by atoms with Gasteiger partial charge in [-0.25, -0.2) is 0 Å². The predicted octanol–water partition coefficient (Wildman–Crippen LogP) is 7.46. The van der Waals surface area contributed by atoms with Crippen LogP contribution in [-0.2, 0) is 4.43 Å². The molecule has 0 atom stereocenters. The molecule has 7 heteroatoms. The van der Waals surface area contributed by atoms with Crippen LogP contribution in [0.5, 0.6) is 5.75 Å². The number of hydrogen-bond donors (Lipinski definition) is 1. The summed E-state index contributed by atoms with van der Waals surface area (Å²) >= 11 is 1.77. The molecule has 0 amide bonds. The van der Waals surface area contributed by atoms with Crippen LogP contribution in [0, 0.1) is 0 Å². The lowest BCUT2D eigenvalue weighted by Gasteiger charge is -2.43. The van der Waals surface area contributed by atoms with Gasteiger partial charge in [0.15, 0.2) is 0 Å². The summed E-state index contributed by atoms with van der Waals surface area (Å²) < 4.78 is 14.4. The first-order valence-corrected chi connectivity index (χ1v) is 17.3. The molecule has 5 aromatic rings. The quantitative estimate of drug-likeness (QED) is 0.128. The molecule has 0 unspecified atom stereocenters. The van der Waals surface area contributed by atoms with Gasteiger partial charge in [-0.2, -0.15) is 0 Å². The van der Waals surface area contributed by atoms with Gasteiger partial charge in [-0.3, -0.25) is 0 Å². The lowest BCUT2D eigenvalue weighted by molar-refractivity contribution is 0.238. The minimum atomic E-state index is -2.53. The Bertz CT molecular complexity index is 1540. The minimum absolute atomic E-state index is 0.0357. The number of thiophene rings is 1. The average molecular weight is 594 g/mol. The van der Waals surface area contributed by atoms with E-state index in [0.717, 1.165) is 17.9 Å². The van der Waals surface area contributed by atoms with Gasteiger partial charge in [0.1, 0.15) is 5.75 Å². The Kier molecular flexibility index (Phi) is 9.23. The van der Waals surface area contributed by atoms with E-state index in [1.165, 1.54) is 30.9 Å². The van der Waals surface area contributed by atoms with E-state index in [2.05, 4.69) is 130 Å². The van der Waals surface area contributed by atoms with E-state index in [1.807, 2.05) is 11.9 Å². The molecule has 0 fully saturated rings. The zero-order valence-electron chi connectivity index (χ0n) is 25.2. The molecule has 5 rings (SSSR count). The first-order chi connectivity index (χ1) is 20.2. The number of rotatable bonds is 11. The fourth-order valence-electron chi connectivity index (χ4n) is 5.56. The van der Waals surface area contributed by atoms with Crippen molar-refractivity contribution in [3.05, 3.63) is 109 Å². The van der Waals surface area contributed by atoms with E-state index in [4.69, 9.17) is 9.16 Å². The molecule has 0 radical (unpaired) electrons. The van der Waals surface area contributed by atoms with Crippen molar-refractivity contribution >= 4 is 52.9 Å². The zero-order valence-corrected chi connectivity index (χ0v) is 27.0. The Morgan fingerprint density at radius 1 is 0.810 bits per heavy atom. The molecule has 1 aromatic heterocycles. The summed E-state index contributed by atoms with van der Waals surface area (Å²) in [5.41, 5.74) is 2.16. The Labute approximate surface area is 255 Å². The first-order valence-electron chi connectivity index (χ1n) is 14.6. The van der Waals surface area contributed by atoms with Gasteiger partial charge in [0, 0.05) is 28.3 Å². The molecule has 4 nitrogen and oxygen atoms in total. The van der Waals surface area contributed by atoms with E-state index in [0.29, 0.717) is 13.2 Å². The fourth-order valence-corrected chi connectivity index (χ4v) is 11.3. The number of nitrogens with zero attached hydrogens (tertiary/aromatic N) is 1. The molecule has 4 aromatic carbocycles. The molecular formula is C35H40BNO3SSi. The van der Waals surface area contributed by atoms with Crippen LogP contribution in [0.3, 0.4) is 0 Å². The minimum Gasteiger partial charge on any atom is -0.493 e. The molecule has 216 valence electrons. The topological polar surface area (TPSA) is 41.9 Å². The molecule has 0 aliphatic carbocycles. The predicted molar refractivity (Wildman–Crippen MR) is 183 cm³/mol. The van der Waals surface area contributed by atoms with E-state index in [9.17, 15) is 5.02 Å². The summed E-state index contributed by atoms with van der Waals surface area (Å²) in [4.78, 5) is 3.06. The third-order valence-corrected chi connectivity index (χ3v) is 14.1. The molecule has 0 saturated heterocycles. The van der Waals surface area contributed by atoms with Gasteiger partial charge in [-0.1, -0.05) is 93.6 Å². The van der Waals surface area contributed by atoms with Gasteiger partial charge in [-0.05, 0) is 76.6 Å². The maximum atomic E-state index is 9.85. The van der Waals surface area contributed by atoms with Crippen molar-refractivity contribution in [3.63, 3.8) is 0 Å². The lowest BCUT2D eigenvalue weighted by atomic mass is 9.85. The van der Waals surface area contributed by atoms with Crippen LogP contribution in [0.2, 0.25) is 11.9 Å². The molecule has 1 heterocycles. The normalized spacial score (nSPS) is 12.0. The van der Waals surface area contributed by atoms with Gasteiger partial charge in [0.25, 0.3) is 8.32 Å². The summed E-state index contributed by atoms with van der Waals surface area (Å²) in [6.07, 6.45) is 0.811. The zero-order chi connectivity index (χ0) is 29.7. The van der Waals surface area contributed by atoms with Crippen molar-refractivity contribution in [1.29, 1.82) is 0 Å². The third-order valence-electron chi connectivity index (χ3n) is 7.90. The number of benzene rings is 4. The van der Waals surface area contributed by atoms with Crippen LogP contribution >= 0.6 is 11.3 Å². The summed E-state index contributed by atoms with van der Waals surface area (Å²) in [6.45, 7) is 9.93. The van der Waals surface area contributed by atoms with Gasteiger partial charge < -0.3 is 19.0 Å². The van der Waals surface area contributed by atoms with Gasteiger partial charge >= 0.3 is 7.05 Å². The summed E-state index contributed by atoms with van der Waals surface area (Å²) in [7, 11) is -1.16. The van der Waals surface area contributed by atoms with Crippen molar-refractivity contribution in [2.45, 2.75) is 39.1 Å². The second-order valence-corrected chi connectivity index (χ2v) is 17.2. The molecule has 0 aliphatic rings. The molecular weight excluding hydrogens is 553 g/mol. The van der Waals surface area contributed by atoms with E-state index < -0.39 is 15.4 Å². The second kappa shape index (κ2) is 12.9. The Morgan fingerprint density at radius 3 is 2.00 bits per heavy atom. The second-order valence-electron chi connectivity index (χ2n) is 11.8. The summed E-state index contributed by atoms with van der Waals surface area (Å²) in [5, 5.41) is 13.6. The molecule has 0 bridgehead atoms.